The molecule has 2 aromatic heterocycles. The summed E-state index contributed by atoms with van der Waals surface area (Å²) in [6, 6.07) is 4.09. The van der Waals surface area contributed by atoms with Gasteiger partial charge in [0, 0.05) is 16.3 Å². The zero-order valence-electron chi connectivity index (χ0n) is 24.5. The monoisotopic (exact) mass is 663 g/mol. The second-order valence-corrected chi connectivity index (χ2v) is 10.4. The smallest absolute Gasteiger partial charge is 0.412 e. The standard InChI is InChI=1S/C15H15FN2O4S.C6H6BrNO2S.3C2H6/c1-15(2,3)22-14(21)18-10-5-4-8(6-9(10)16)12-17-11(7-23-12)13(19)20;1-2-10-5(9)4-3-11-6(7)8-4;3*1-2/h4-7H,1-3H3,(H,18,21)(H,19,20);3H,2H2,1H3;3*1-2H3. The molecule has 0 saturated carbocycles. The summed E-state index contributed by atoms with van der Waals surface area (Å²) in [4.78, 5) is 41.2. The molecule has 3 aromatic rings. The summed E-state index contributed by atoms with van der Waals surface area (Å²) in [7, 11) is 0. The van der Waals surface area contributed by atoms with Crippen molar-refractivity contribution in [2.24, 2.45) is 0 Å². The Morgan fingerprint density at radius 3 is 2.00 bits per heavy atom. The summed E-state index contributed by atoms with van der Waals surface area (Å²) in [5, 5.41) is 14.6. The van der Waals surface area contributed by atoms with Gasteiger partial charge in [-0.05, 0) is 61.8 Å². The van der Waals surface area contributed by atoms with Crippen molar-refractivity contribution < 1.29 is 33.4 Å². The van der Waals surface area contributed by atoms with E-state index in [-0.39, 0.29) is 17.4 Å². The highest BCUT2D eigenvalue weighted by atomic mass is 79.9. The summed E-state index contributed by atoms with van der Waals surface area (Å²) >= 11 is 5.61. The zero-order valence-corrected chi connectivity index (χ0v) is 27.8. The van der Waals surface area contributed by atoms with E-state index in [0.717, 1.165) is 11.3 Å². The van der Waals surface area contributed by atoms with Crippen LogP contribution in [0, 0.1) is 5.82 Å². The number of carbonyl (C=O) groups excluding carboxylic acids is 2. The number of aromatic nitrogens is 2. The molecule has 0 spiro atoms. The first-order valence-corrected chi connectivity index (χ1v) is 15.2. The predicted molar refractivity (Wildman–Crippen MR) is 164 cm³/mol. The van der Waals surface area contributed by atoms with E-state index >= 15 is 0 Å². The number of nitrogens with zero attached hydrogens (tertiary/aromatic N) is 2. The number of aromatic carboxylic acids is 1. The Labute approximate surface area is 252 Å². The highest BCUT2D eigenvalue weighted by Crippen LogP contribution is 2.27. The number of ether oxygens (including phenoxy) is 2. The molecule has 13 heteroatoms. The van der Waals surface area contributed by atoms with Crippen LogP contribution in [0.15, 0.2) is 32.9 Å². The van der Waals surface area contributed by atoms with Crippen molar-refractivity contribution in [2.75, 3.05) is 11.9 Å². The number of carboxylic acid groups (broad SMARTS) is 1. The van der Waals surface area contributed by atoms with Gasteiger partial charge in [-0.3, -0.25) is 5.32 Å². The molecule has 1 aromatic carbocycles. The summed E-state index contributed by atoms with van der Waals surface area (Å²) in [5.74, 6) is -2.17. The number of nitrogens with one attached hydrogen (secondary N) is 1. The number of benzene rings is 1. The molecule has 40 heavy (non-hydrogen) atoms. The van der Waals surface area contributed by atoms with Crippen molar-refractivity contribution in [2.45, 2.75) is 74.8 Å². The molecular formula is C27H39BrFN3O6S2. The number of hydrogen-bond donors (Lipinski definition) is 2. The van der Waals surface area contributed by atoms with Crippen LogP contribution in [0.1, 0.15) is 90.2 Å². The molecule has 0 fully saturated rings. The van der Waals surface area contributed by atoms with Crippen LogP contribution >= 0.6 is 38.6 Å². The van der Waals surface area contributed by atoms with E-state index in [0.29, 0.717) is 26.8 Å². The van der Waals surface area contributed by atoms with Gasteiger partial charge in [-0.1, -0.05) is 41.5 Å². The largest absolute Gasteiger partial charge is 0.476 e. The molecule has 0 unspecified atom stereocenters. The number of hydrogen-bond acceptors (Lipinski definition) is 9. The molecule has 0 aliphatic carbocycles. The molecule has 9 nitrogen and oxygen atoms in total. The Hall–Kier alpha value is -2.90. The molecule has 0 saturated heterocycles. The number of carbonyl (C=O) groups is 3. The Balaban J connectivity index is 0. The lowest BCUT2D eigenvalue weighted by molar-refractivity contribution is 0.0519. The van der Waals surface area contributed by atoms with Gasteiger partial charge in [-0.15, -0.1) is 22.7 Å². The second-order valence-electron chi connectivity index (χ2n) is 7.37. The molecule has 1 amide bonds. The number of amides is 1. The maximum atomic E-state index is 14.1. The summed E-state index contributed by atoms with van der Waals surface area (Å²) in [6.45, 7) is 19.3. The molecule has 2 N–H and O–H groups in total. The maximum absolute atomic E-state index is 14.1. The quantitative estimate of drug-likeness (QED) is 0.259. The first kappa shape index (κ1) is 39.2. The van der Waals surface area contributed by atoms with E-state index in [1.165, 1.54) is 28.8 Å². The summed E-state index contributed by atoms with van der Waals surface area (Å²) < 4.78 is 24.6. The van der Waals surface area contributed by atoms with Crippen LogP contribution in [0.4, 0.5) is 14.9 Å². The van der Waals surface area contributed by atoms with Crippen LogP contribution in [0.5, 0.6) is 0 Å². The second kappa shape index (κ2) is 20.9. The first-order valence-electron chi connectivity index (χ1n) is 12.7. The van der Waals surface area contributed by atoms with Crippen LogP contribution in [0.25, 0.3) is 10.6 Å². The van der Waals surface area contributed by atoms with Crippen LogP contribution < -0.4 is 5.32 Å². The van der Waals surface area contributed by atoms with Crippen LogP contribution in [0.2, 0.25) is 0 Å². The van der Waals surface area contributed by atoms with Crippen molar-refractivity contribution in [1.29, 1.82) is 0 Å². The molecule has 2 heterocycles. The molecule has 0 aliphatic rings. The van der Waals surface area contributed by atoms with Crippen LogP contribution in [-0.4, -0.2) is 45.3 Å². The lowest BCUT2D eigenvalue weighted by atomic mass is 10.2. The van der Waals surface area contributed by atoms with E-state index in [2.05, 4.69) is 31.2 Å². The van der Waals surface area contributed by atoms with E-state index in [4.69, 9.17) is 14.6 Å². The van der Waals surface area contributed by atoms with E-state index < -0.39 is 23.5 Å². The van der Waals surface area contributed by atoms with Crippen molar-refractivity contribution >= 4 is 62.3 Å². The number of thiazole rings is 2. The van der Waals surface area contributed by atoms with Crippen molar-refractivity contribution in [1.82, 2.24) is 9.97 Å². The molecule has 3 rings (SSSR count). The molecule has 0 aliphatic heterocycles. The highest BCUT2D eigenvalue weighted by Gasteiger charge is 2.18. The SMILES string of the molecule is CC.CC.CC.CC(C)(C)OC(=O)Nc1ccc(-c2nc(C(=O)O)cs2)cc1F.CCOC(=O)c1csc(Br)n1. The minimum absolute atomic E-state index is 0.0296. The van der Waals surface area contributed by atoms with Gasteiger partial charge in [0.25, 0.3) is 0 Å². The average Bonchev–Trinajstić information content (AvgIpc) is 3.58. The fraction of sp³-hybridized carbons (Fsp3) is 0.444. The fourth-order valence-electron chi connectivity index (χ4n) is 2.22. The zero-order chi connectivity index (χ0) is 31.5. The minimum Gasteiger partial charge on any atom is -0.476 e. The number of esters is 1. The van der Waals surface area contributed by atoms with Gasteiger partial charge in [0.1, 0.15) is 16.4 Å². The third-order valence-electron chi connectivity index (χ3n) is 3.54. The lowest BCUT2D eigenvalue weighted by Gasteiger charge is -2.19. The van der Waals surface area contributed by atoms with E-state index in [1.54, 1.807) is 39.1 Å². The van der Waals surface area contributed by atoms with Gasteiger partial charge >= 0.3 is 18.0 Å². The predicted octanol–water partition coefficient (Wildman–Crippen LogP) is 9.16. The topological polar surface area (TPSA) is 128 Å². The number of anilines is 1. The number of rotatable bonds is 5. The molecule has 0 radical (unpaired) electrons. The van der Waals surface area contributed by atoms with Crippen LogP contribution in [0.3, 0.4) is 0 Å². The van der Waals surface area contributed by atoms with Gasteiger partial charge in [0.2, 0.25) is 0 Å². The van der Waals surface area contributed by atoms with Gasteiger partial charge in [0.05, 0.1) is 12.3 Å². The Morgan fingerprint density at radius 2 is 1.57 bits per heavy atom. The molecule has 224 valence electrons. The molecular weight excluding hydrogens is 625 g/mol. The summed E-state index contributed by atoms with van der Waals surface area (Å²) in [5.41, 5.74) is -0.0212. The number of carboxylic acids is 1. The first-order chi connectivity index (χ1) is 18.9. The maximum Gasteiger partial charge on any atom is 0.412 e. The van der Waals surface area contributed by atoms with Gasteiger partial charge < -0.3 is 14.6 Å². The Kier molecular flexibility index (Phi) is 20.5. The van der Waals surface area contributed by atoms with Gasteiger partial charge in [-0.25, -0.2) is 28.7 Å². The average molecular weight is 665 g/mol. The minimum atomic E-state index is -1.14. The molecule has 0 bridgehead atoms. The number of halogens is 2. The van der Waals surface area contributed by atoms with Crippen molar-refractivity contribution in [3.63, 3.8) is 0 Å². The fourth-order valence-corrected chi connectivity index (χ4v) is 3.99. The lowest BCUT2D eigenvalue weighted by Crippen LogP contribution is -2.27. The van der Waals surface area contributed by atoms with E-state index in [1.807, 2.05) is 41.5 Å². The highest BCUT2D eigenvalue weighted by molar-refractivity contribution is 9.11. The van der Waals surface area contributed by atoms with Crippen molar-refractivity contribution in [3.05, 3.63) is 50.1 Å². The normalized spacial score (nSPS) is 9.50. The Morgan fingerprint density at radius 1 is 1.00 bits per heavy atom. The Bertz CT molecular complexity index is 1180. The van der Waals surface area contributed by atoms with Gasteiger partial charge in [0.15, 0.2) is 15.3 Å². The van der Waals surface area contributed by atoms with Crippen LogP contribution in [-0.2, 0) is 9.47 Å². The van der Waals surface area contributed by atoms with Gasteiger partial charge in [-0.2, -0.15) is 0 Å². The van der Waals surface area contributed by atoms with Crippen molar-refractivity contribution in [3.8, 4) is 10.6 Å². The summed E-state index contributed by atoms with van der Waals surface area (Å²) in [6.07, 6.45) is -0.758. The molecule has 0 atom stereocenters. The third-order valence-corrected chi connectivity index (χ3v) is 5.79. The third kappa shape index (κ3) is 15.0. The van der Waals surface area contributed by atoms with E-state index in [9.17, 15) is 18.8 Å².